The zero-order chi connectivity index (χ0) is 28.1. The number of unbranched alkanes of at least 4 members (excludes halogenated alkanes) is 1. The van der Waals surface area contributed by atoms with Gasteiger partial charge in [0.15, 0.2) is 0 Å². The molecule has 0 aliphatic carbocycles. The smallest absolute Gasteiger partial charge is 0.247 e. The highest BCUT2D eigenvalue weighted by Crippen LogP contribution is 2.65. The summed E-state index contributed by atoms with van der Waals surface area (Å²) in [5.74, 6) is -1.23. The second-order valence-electron chi connectivity index (χ2n) is 13.5. The van der Waals surface area contributed by atoms with Crippen LogP contribution in [0.15, 0.2) is 24.3 Å². The Morgan fingerprint density at radius 1 is 0.947 bits per heavy atom. The van der Waals surface area contributed by atoms with Crippen molar-refractivity contribution in [3.05, 3.63) is 24.3 Å². The molecule has 8 heteroatoms. The maximum atomic E-state index is 14.6. The van der Waals surface area contributed by atoms with Gasteiger partial charge in [-0.15, -0.1) is 11.8 Å². The lowest BCUT2D eigenvalue weighted by Gasteiger charge is -2.44. The molecule has 0 bridgehead atoms. The van der Waals surface area contributed by atoms with Crippen LogP contribution in [-0.4, -0.2) is 91.4 Å². The number of hydrogen-bond acceptors (Lipinski definition) is 5. The molecule has 0 aromatic heterocycles. The molecule has 3 amide bonds. The summed E-state index contributed by atoms with van der Waals surface area (Å²) in [6.07, 6.45) is 11.2. The molecule has 1 N–H and O–H groups in total. The number of carbonyl (C=O) groups is 3. The Kier molecular flexibility index (Phi) is 7.92. The third kappa shape index (κ3) is 4.85. The summed E-state index contributed by atoms with van der Waals surface area (Å²) in [5.41, 5.74) is -0.386. The third-order valence-corrected chi connectivity index (χ3v) is 10.4. The Bertz CT molecular complexity index is 1020. The predicted molar refractivity (Wildman–Crippen MR) is 153 cm³/mol. The highest BCUT2D eigenvalue weighted by molar-refractivity contribution is 8.02. The third-order valence-electron chi connectivity index (χ3n) is 8.63. The van der Waals surface area contributed by atoms with Gasteiger partial charge in [-0.2, -0.15) is 0 Å². The van der Waals surface area contributed by atoms with E-state index < -0.39 is 32.9 Å². The van der Waals surface area contributed by atoms with Crippen LogP contribution in [0.5, 0.6) is 0 Å². The van der Waals surface area contributed by atoms with Crippen LogP contribution in [0.4, 0.5) is 0 Å². The van der Waals surface area contributed by atoms with Crippen molar-refractivity contribution >= 4 is 29.5 Å². The van der Waals surface area contributed by atoms with Gasteiger partial charge < -0.3 is 19.8 Å². The lowest BCUT2D eigenvalue weighted by molar-refractivity contribution is -0.147. The van der Waals surface area contributed by atoms with E-state index >= 15 is 0 Å². The van der Waals surface area contributed by atoms with Crippen LogP contribution in [0, 0.1) is 17.3 Å². The highest BCUT2D eigenvalue weighted by atomic mass is 32.2. The van der Waals surface area contributed by atoms with Gasteiger partial charge in [-0.25, -0.2) is 0 Å². The highest BCUT2D eigenvalue weighted by Gasteiger charge is 2.74. The topological polar surface area (TPSA) is 81.2 Å². The average molecular weight is 546 g/mol. The second kappa shape index (κ2) is 10.3. The minimum Gasteiger partial charge on any atom is -0.396 e. The maximum Gasteiger partial charge on any atom is 0.247 e. The van der Waals surface area contributed by atoms with Crippen LogP contribution < -0.4 is 0 Å². The van der Waals surface area contributed by atoms with E-state index in [1.54, 1.807) is 16.7 Å². The van der Waals surface area contributed by atoms with E-state index in [9.17, 15) is 19.5 Å². The van der Waals surface area contributed by atoms with Crippen molar-refractivity contribution in [1.82, 2.24) is 14.7 Å². The number of aliphatic hydroxyl groups excluding tert-OH is 1. The molecule has 2 fully saturated rings. The van der Waals surface area contributed by atoms with Gasteiger partial charge in [0.1, 0.15) is 6.04 Å². The molecule has 0 radical (unpaired) electrons. The Hall–Kier alpha value is -1.80. The molecule has 2 saturated heterocycles. The number of aliphatic hydroxyl groups is 1. The fourth-order valence-electron chi connectivity index (χ4n) is 7.61. The Morgan fingerprint density at radius 2 is 1.63 bits per heavy atom. The number of hydrogen-bond donors (Lipinski definition) is 1. The number of rotatable bonds is 8. The summed E-state index contributed by atoms with van der Waals surface area (Å²) < 4.78 is -1.38. The van der Waals surface area contributed by atoms with Gasteiger partial charge in [0.25, 0.3) is 0 Å². The van der Waals surface area contributed by atoms with Crippen molar-refractivity contribution in [1.29, 1.82) is 0 Å². The summed E-state index contributed by atoms with van der Waals surface area (Å²) in [6, 6.07) is -0.675. The lowest BCUT2D eigenvalue weighted by Crippen LogP contribution is -2.58. The number of thioether (sulfide) groups is 1. The first-order valence-electron chi connectivity index (χ1n) is 14.3. The number of likely N-dealkylation sites (tertiary alicyclic amines) is 1. The van der Waals surface area contributed by atoms with Crippen LogP contribution >= 0.6 is 11.8 Å². The molecule has 4 aliphatic heterocycles. The average Bonchev–Trinajstić information content (AvgIpc) is 3.05. The van der Waals surface area contributed by atoms with Crippen molar-refractivity contribution in [3.8, 4) is 0 Å². The minimum atomic E-state index is -0.811. The quantitative estimate of drug-likeness (QED) is 0.370. The van der Waals surface area contributed by atoms with E-state index in [1.165, 1.54) is 0 Å². The molecule has 4 heterocycles. The van der Waals surface area contributed by atoms with Crippen molar-refractivity contribution in [2.45, 2.75) is 95.2 Å². The normalized spacial score (nSPS) is 33.4. The standard InChI is InChI=1S/C30H47N3O4S/c1-8-15-31-16-11-13-29(7)21(24(31)35)22-25(36)32(17-9-10-19-34)23-26(37)33(18-12-14-30(22,23)38-29)28(5,6)20-27(2,3)4/h11-14,21-23,34H,8-10,15-20H2,1-7H3/t21-,22+,23?,29+,30+/m1/s1. The van der Waals surface area contributed by atoms with Crippen LogP contribution in [0.25, 0.3) is 0 Å². The van der Waals surface area contributed by atoms with Crippen LogP contribution in [0.3, 0.4) is 0 Å². The molecule has 1 unspecified atom stereocenters. The number of carbonyl (C=O) groups excluding carboxylic acids is 3. The molecule has 38 heavy (non-hydrogen) atoms. The monoisotopic (exact) mass is 545 g/mol. The molecular weight excluding hydrogens is 498 g/mol. The van der Waals surface area contributed by atoms with Gasteiger partial charge in [-0.3, -0.25) is 14.4 Å². The van der Waals surface area contributed by atoms with Crippen molar-refractivity contribution in [3.63, 3.8) is 0 Å². The van der Waals surface area contributed by atoms with E-state index in [-0.39, 0.29) is 29.7 Å². The summed E-state index contributed by atoms with van der Waals surface area (Å²) in [6.45, 7) is 17.1. The maximum absolute atomic E-state index is 14.6. The first kappa shape index (κ1) is 29.2. The van der Waals surface area contributed by atoms with Gasteiger partial charge in [-0.1, -0.05) is 52.0 Å². The van der Waals surface area contributed by atoms with Crippen molar-refractivity contribution < 1.29 is 19.5 Å². The number of fused-ring (bicyclic) bond motifs is 2. The molecule has 5 atom stereocenters. The molecule has 212 valence electrons. The molecule has 0 aromatic rings. The summed E-state index contributed by atoms with van der Waals surface area (Å²) >= 11 is 1.65. The zero-order valence-electron chi connectivity index (χ0n) is 24.3. The van der Waals surface area contributed by atoms with Gasteiger partial charge >= 0.3 is 0 Å². The number of amides is 3. The van der Waals surface area contributed by atoms with Crippen LogP contribution in [0.2, 0.25) is 0 Å². The molecule has 1 spiro atoms. The number of nitrogens with zero attached hydrogens (tertiary/aromatic N) is 3. The Morgan fingerprint density at radius 3 is 2.26 bits per heavy atom. The van der Waals surface area contributed by atoms with Gasteiger partial charge in [0, 0.05) is 43.1 Å². The molecule has 4 rings (SSSR count). The zero-order valence-corrected chi connectivity index (χ0v) is 25.1. The Balaban J connectivity index is 1.82. The largest absolute Gasteiger partial charge is 0.396 e. The Labute approximate surface area is 233 Å². The summed E-state index contributed by atoms with van der Waals surface area (Å²) in [5, 5.41) is 9.43. The van der Waals surface area contributed by atoms with Gasteiger partial charge in [0.2, 0.25) is 17.7 Å². The van der Waals surface area contributed by atoms with E-state index in [0.717, 1.165) is 12.8 Å². The molecule has 0 saturated carbocycles. The van der Waals surface area contributed by atoms with E-state index in [2.05, 4.69) is 72.8 Å². The lowest BCUT2D eigenvalue weighted by atomic mass is 9.74. The van der Waals surface area contributed by atoms with Crippen molar-refractivity contribution in [2.24, 2.45) is 17.3 Å². The first-order valence-corrected chi connectivity index (χ1v) is 15.1. The molecule has 4 aliphatic rings. The molecule has 0 aromatic carbocycles. The van der Waals surface area contributed by atoms with Crippen molar-refractivity contribution in [2.75, 3.05) is 32.8 Å². The molecule has 7 nitrogen and oxygen atoms in total. The van der Waals surface area contributed by atoms with E-state index in [4.69, 9.17) is 0 Å². The summed E-state index contributed by atoms with van der Waals surface area (Å²) in [7, 11) is 0. The minimum absolute atomic E-state index is 0.0213. The first-order chi connectivity index (χ1) is 17.7. The van der Waals surface area contributed by atoms with Gasteiger partial charge in [0.05, 0.1) is 16.6 Å². The van der Waals surface area contributed by atoms with E-state index in [0.29, 0.717) is 39.0 Å². The van der Waals surface area contributed by atoms with Crippen LogP contribution in [-0.2, 0) is 14.4 Å². The fourth-order valence-corrected chi connectivity index (χ4v) is 9.77. The van der Waals surface area contributed by atoms with Gasteiger partial charge in [-0.05, 0) is 51.9 Å². The molecular formula is C30H47N3O4S. The predicted octanol–water partition coefficient (Wildman–Crippen LogP) is 3.87. The fraction of sp³-hybridized carbons (Fsp3) is 0.767. The van der Waals surface area contributed by atoms with E-state index in [1.807, 2.05) is 9.80 Å². The SMILES string of the molecule is CCCN1CC=C[C@]2(C)S[C@]34C=CCN(C(C)(C)CC(C)(C)C)C(=O)C3N(CCCCO)C(=O)[C@@H]4[C@@H]2C1=O. The second-order valence-corrected chi connectivity index (χ2v) is 15.3. The summed E-state index contributed by atoms with van der Waals surface area (Å²) in [4.78, 5) is 48.6. The van der Waals surface area contributed by atoms with Crippen LogP contribution in [0.1, 0.15) is 74.1 Å².